The molecule has 78 valence electrons. The Morgan fingerprint density at radius 2 is 2.36 bits per heavy atom. The van der Waals surface area contributed by atoms with Crippen molar-refractivity contribution >= 4 is 33.2 Å². The molecular formula is C9H12BrNO2S. The van der Waals surface area contributed by atoms with Crippen LogP contribution in [0.5, 0.6) is 0 Å². The molecule has 1 atom stereocenters. The van der Waals surface area contributed by atoms with Crippen LogP contribution in [-0.2, 0) is 11.3 Å². The van der Waals surface area contributed by atoms with E-state index in [4.69, 9.17) is 5.11 Å². The molecule has 0 spiro atoms. The zero-order valence-corrected chi connectivity index (χ0v) is 10.4. The summed E-state index contributed by atoms with van der Waals surface area (Å²) in [6, 6.07) is 3.52. The van der Waals surface area contributed by atoms with Crippen molar-refractivity contribution in [3.63, 3.8) is 0 Å². The molecule has 0 saturated carbocycles. The number of rotatable bonds is 4. The number of hydrogen-bond donors (Lipinski definition) is 1. The number of hydrogen-bond acceptors (Lipinski definition) is 3. The predicted molar refractivity (Wildman–Crippen MR) is 60.6 cm³/mol. The van der Waals surface area contributed by atoms with Gasteiger partial charge in [0.2, 0.25) is 0 Å². The van der Waals surface area contributed by atoms with Crippen molar-refractivity contribution in [2.24, 2.45) is 0 Å². The molecular weight excluding hydrogens is 266 g/mol. The zero-order valence-electron chi connectivity index (χ0n) is 8.03. The van der Waals surface area contributed by atoms with Gasteiger partial charge in [-0.1, -0.05) is 0 Å². The Morgan fingerprint density at radius 3 is 2.79 bits per heavy atom. The average molecular weight is 278 g/mol. The molecule has 0 fully saturated rings. The van der Waals surface area contributed by atoms with E-state index in [-0.39, 0.29) is 0 Å². The number of carboxylic acids is 1. The van der Waals surface area contributed by atoms with Gasteiger partial charge >= 0.3 is 5.97 Å². The molecule has 1 aromatic rings. The predicted octanol–water partition coefficient (Wildman–Crippen LogP) is 2.42. The Hall–Kier alpha value is -0.390. The first kappa shape index (κ1) is 11.7. The van der Waals surface area contributed by atoms with Gasteiger partial charge in [-0.05, 0) is 42.0 Å². The van der Waals surface area contributed by atoms with Crippen LogP contribution in [0.25, 0.3) is 0 Å². The Morgan fingerprint density at radius 1 is 1.71 bits per heavy atom. The van der Waals surface area contributed by atoms with Gasteiger partial charge in [0.05, 0.1) is 3.79 Å². The number of likely N-dealkylation sites (N-methyl/N-ethyl adjacent to an activating group) is 1. The molecule has 1 N–H and O–H groups in total. The van der Waals surface area contributed by atoms with Crippen LogP contribution >= 0.6 is 27.3 Å². The van der Waals surface area contributed by atoms with E-state index >= 15 is 0 Å². The van der Waals surface area contributed by atoms with Crippen molar-refractivity contribution in [3.05, 3.63) is 20.8 Å². The number of carbonyl (C=O) groups is 1. The fourth-order valence-corrected chi connectivity index (χ4v) is 2.55. The van der Waals surface area contributed by atoms with E-state index < -0.39 is 12.0 Å². The second-order valence-electron chi connectivity index (χ2n) is 3.14. The van der Waals surface area contributed by atoms with E-state index in [9.17, 15) is 4.79 Å². The van der Waals surface area contributed by atoms with Crippen molar-refractivity contribution in [3.8, 4) is 0 Å². The molecule has 0 aliphatic heterocycles. The minimum atomic E-state index is -0.789. The van der Waals surface area contributed by atoms with Crippen LogP contribution in [0, 0.1) is 0 Å². The molecule has 0 saturated heterocycles. The summed E-state index contributed by atoms with van der Waals surface area (Å²) in [6.07, 6.45) is 0. The van der Waals surface area contributed by atoms with Crippen LogP contribution in [0.4, 0.5) is 0 Å². The lowest BCUT2D eigenvalue weighted by Gasteiger charge is -2.19. The number of nitrogens with zero attached hydrogens (tertiary/aromatic N) is 1. The first-order valence-electron chi connectivity index (χ1n) is 4.18. The smallest absolute Gasteiger partial charge is 0.320 e. The summed E-state index contributed by atoms with van der Waals surface area (Å²) in [6.45, 7) is 2.36. The summed E-state index contributed by atoms with van der Waals surface area (Å²) >= 11 is 5.00. The molecule has 1 heterocycles. The molecule has 1 unspecified atom stereocenters. The van der Waals surface area contributed by atoms with E-state index in [0.29, 0.717) is 6.54 Å². The average Bonchev–Trinajstić information content (AvgIpc) is 2.49. The maximum Gasteiger partial charge on any atom is 0.320 e. The third-order valence-corrected chi connectivity index (χ3v) is 3.66. The van der Waals surface area contributed by atoms with E-state index in [0.717, 1.165) is 8.66 Å². The topological polar surface area (TPSA) is 40.5 Å². The van der Waals surface area contributed by atoms with Gasteiger partial charge in [-0.25, -0.2) is 0 Å². The molecule has 0 aromatic carbocycles. The molecule has 0 amide bonds. The highest BCUT2D eigenvalue weighted by Gasteiger charge is 2.16. The highest BCUT2D eigenvalue weighted by molar-refractivity contribution is 9.11. The van der Waals surface area contributed by atoms with Crippen LogP contribution in [-0.4, -0.2) is 29.1 Å². The molecule has 0 bridgehead atoms. The molecule has 3 nitrogen and oxygen atoms in total. The third kappa shape index (κ3) is 3.08. The number of halogens is 1. The quantitative estimate of drug-likeness (QED) is 0.919. The lowest BCUT2D eigenvalue weighted by Crippen LogP contribution is -2.34. The van der Waals surface area contributed by atoms with Gasteiger partial charge in [0, 0.05) is 11.4 Å². The molecule has 0 aliphatic rings. The van der Waals surface area contributed by atoms with Crippen molar-refractivity contribution in [2.75, 3.05) is 7.05 Å². The van der Waals surface area contributed by atoms with Crippen molar-refractivity contribution in [2.45, 2.75) is 19.5 Å². The van der Waals surface area contributed by atoms with Crippen molar-refractivity contribution in [1.29, 1.82) is 0 Å². The van der Waals surface area contributed by atoms with E-state index in [1.807, 2.05) is 19.2 Å². The maximum atomic E-state index is 10.7. The molecule has 5 heteroatoms. The number of thiophene rings is 1. The summed E-state index contributed by atoms with van der Waals surface area (Å²) in [5.41, 5.74) is 0. The summed E-state index contributed by atoms with van der Waals surface area (Å²) < 4.78 is 1.07. The normalized spacial score (nSPS) is 13.1. The van der Waals surface area contributed by atoms with Crippen molar-refractivity contribution in [1.82, 2.24) is 4.90 Å². The van der Waals surface area contributed by atoms with Gasteiger partial charge in [0.15, 0.2) is 0 Å². The lowest BCUT2D eigenvalue weighted by atomic mass is 10.3. The van der Waals surface area contributed by atoms with Gasteiger partial charge in [-0.15, -0.1) is 11.3 Å². The zero-order chi connectivity index (χ0) is 10.7. The van der Waals surface area contributed by atoms with Gasteiger partial charge in [-0.2, -0.15) is 0 Å². The largest absolute Gasteiger partial charge is 0.480 e. The molecule has 0 aliphatic carbocycles. The Bertz CT molecular complexity index is 326. The minimum Gasteiger partial charge on any atom is -0.480 e. The summed E-state index contributed by atoms with van der Waals surface area (Å²) in [7, 11) is 1.81. The van der Waals surface area contributed by atoms with E-state index in [1.165, 1.54) is 0 Å². The SMILES string of the molecule is CC(C(=O)O)N(C)Cc1ccc(Br)s1. The van der Waals surface area contributed by atoms with Crippen LogP contribution in [0.2, 0.25) is 0 Å². The number of aliphatic carboxylic acids is 1. The maximum absolute atomic E-state index is 10.7. The van der Waals surface area contributed by atoms with Gasteiger partial charge in [0.25, 0.3) is 0 Å². The monoisotopic (exact) mass is 277 g/mol. The number of carboxylic acid groups (broad SMARTS) is 1. The summed E-state index contributed by atoms with van der Waals surface area (Å²) in [5, 5.41) is 8.79. The molecule has 1 aromatic heterocycles. The lowest BCUT2D eigenvalue weighted by molar-refractivity contribution is -0.142. The fraction of sp³-hybridized carbons (Fsp3) is 0.444. The molecule has 0 radical (unpaired) electrons. The standard InChI is InChI=1S/C9H12BrNO2S/c1-6(9(12)13)11(2)5-7-3-4-8(10)14-7/h3-4,6H,5H2,1-2H3,(H,12,13). The van der Waals surface area contributed by atoms with E-state index in [1.54, 1.807) is 23.2 Å². The first-order valence-corrected chi connectivity index (χ1v) is 5.79. The highest BCUT2D eigenvalue weighted by Crippen LogP contribution is 2.23. The van der Waals surface area contributed by atoms with Crippen LogP contribution in [0.3, 0.4) is 0 Å². The van der Waals surface area contributed by atoms with Crippen molar-refractivity contribution < 1.29 is 9.90 Å². The molecule has 14 heavy (non-hydrogen) atoms. The summed E-state index contributed by atoms with van der Waals surface area (Å²) in [4.78, 5) is 13.7. The Kier molecular flexibility index (Phi) is 4.10. The van der Waals surface area contributed by atoms with E-state index in [2.05, 4.69) is 15.9 Å². The van der Waals surface area contributed by atoms with Gasteiger partial charge in [-0.3, -0.25) is 9.69 Å². The fourth-order valence-electron chi connectivity index (χ4n) is 1.01. The van der Waals surface area contributed by atoms with Crippen LogP contribution in [0.1, 0.15) is 11.8 Å². The van der Waals surface area contributed by atoms with Crippen LogP contribution in [0.15, 0.2) is 15.9 Å². The van der Waals surface area contributed by atoms with Gasteiger partial charge in [0.1, 0.15) is 6.04 Å². The Balaban J connectivity index is 2.56. The highest BCUT2D eigenvalue weighted by atomic mass is 79.9. The summed E-state index contributed by atoms with van der Waals surface area (Å²) in [5.74, 6) is -0.789. The minimum absolute atomic E-state index is 0.448. The second kappa shape index (κ2) is 4.91. The third-order valence-electron chi connectivity index (χ3n) is 2.05. The van der Waals surface area contributed by atoms with Gasteiger partial charge < -0.3 is 5.11 Å². The molecule has 1 rings (SSSR count). The Labute approximate surface area is 95.5 Å². The van der Waals surface area contributed by atoms with Crippen LogP contribution < -0.4 is 0 Å². The second-order valence-corrected chi connectivity index (χ2v) is 5.68. The first-order chi connectivity index (χ1) is 6.50.